The van der Waals surface area contributed by atoms with Crippen LogP contribution in [0.4, 0.5) is 11.4 Å². The lowest BCUT2D eigenvalue weighted by atomic mass is 10.1. The number of hydrogen-bond donors (Lipinski definition) is 2. The van der Waals surface area contributed by atoms with Crippen molar-refractivity contribution in [2.45, 2.75) is 16.7 Å². The first-order valence-corrected chi connectivity index (χ1v) is 12.8. The normalized spacial score (nSPS) is 11.2. The minimum absolute atomic E-state index is 0.0196. The fraction of sp³-hybridized carbons (Fsp3) is 0.185. The Hall–Kier alpha value is -4.51. The van der Waals surface area contributed by atoms with Crippen molar-refractivity contribution >= 4 is 38.0 Å². The number of anilines is 2. The van der Waals surface area contributed by atoms with Gasteiger partial charge in [-0.15, -0.1) is 0 Å². The van der Waals surface area contributed by atoms with Gasteiger partial charge in [0.05, 0.1) is 55.0 Å². The highest BCUT2D eigenvalue weighted by molar-refractivity contribution is 7.91. The number of carbonyl (C=O) groups is 1. The van der Waals surface area contributed by atoms with Gasteiger partial charge in [-0.1, -0.05) is 6.07 Å². The summed E-state index contributed by atoms with van der Waals surface area (Å²) in [6, 6.07) is 12.8. The van der Waals surface area contributed by atoms with Crippen LogP contribution in [0.2, 0.25) is 0 Å². The van der Waals surface area contributed by atoms with E-state index in [2.05, 4.69) is 10.3 Å². The highest BCUT2D eigenvalue weighted by atomic mass is 32.2. The van der Waals surface area contributed by atoms with Crippen molar-refractivity contribution in [3.05, 3.63) is 65.9 Å². The number of aromatic nitrogens is 1. The van der Waals surface area contributed by atoms with E-state index in [0.717, 1.165) is 0 Å². The predicted octanol–water partition coefficient (Wildman–Crippen LogP) is 4.25. The average molecular weight is 538 g/mol. The summed E-state index contributed by atoms with van der Waals surface area (Å²) in [5.41, 5.74) is 7.77. The molecular weight excluding hydrogens is 510 g/mol. The van der Waals surface area contributed by atoms with Crippen LogP contribution in [-0.2, 0) is 9.84 Å². The number of nitrogens with zero attached hydrogens (tertiary/aromatic N) is 1. The first kappa shape index (κ1) is 26.6. The van der Waals surface area contributed by atoms with E-state index in [1.54, 1.807) is 38.3 Å². The van der Waals surface area contributed by atoms with Crippen LogP contribution in [0.1, 0.15) is 15.9 Å². The average Bonchev–Trinajstić information content (AvgIpc) is 2.92. The number of primary amides is 1. The maximum Gasteiger partial charge on any atom is 0.252 e. The van der Waals surface area contributed by atoms with Crippen molar-refractivity contribution in [1.29, 1.82) is 0 Å². The van der Waals surface area contributed by atoms with Gasteiger partial charge in [0.25, 0.3) is 5.91 Å². The second kappa shape index (κ2) is 10.5. The molecule has 0 spiro atoms. The number of amides is 1. The number of aryl methyl sites for hydroxylation is 1. The zero-order valence-electron chi connectivity index (χ0n) is 21.5. The van der Waals surface area contributed by atoms with Crippen molar-refractivity contribution in [1.82, 2.24) is 4.98 Å². The molecule has 0 unspecified atom stereocenters. The number of ether oxygens (including phenoxy) is 4. The highest BCUT2D eigenvalue weighted by Gasteiger charge is 2.25. The quantitative estimate of drug-likeness (QED) is 0.321. The van der Waals surface area contributed by atoms with E-state index in [9.17, 15) is 13.2 Å². The molecule has 3 aromatic carbocycles. The molecule has 1 heterocycles. The SMILES string of the molecule is COc1cccc(Nc2c(C(N)=O)cnc3c(C)cc(S(=O)(=O)c4cc(OC)c(OC)c(OC)c4)cc23)c1. The van der Waals surface area contributed by atoms with Gasteiger partial charge in [0.2, 0.25) is 15.6 Å². The molecule has 10 nitrogen and oxygen atoms in total. The van der Waals surface area contributed by atoms with Gasteiger partial charge in [-0.25, -0.2) is 8.42 Å². The molecule has 3 N–H and O–H groups in total. The van der Waals surface area contributed by atoms with E-state index in [0.29, 0.717) is 33.6 Å². The Balaban J connectivity index is 1.96. The molecule has 38 heavy (non-hydrogen) atoms. The Labute approximate surface area is 220 Å². The predicted molar refractivity (Wildman–Crippen MR) is 143 cm³/mol. The molecular formula is C27H27N3O7S. The van der Waals surface area contributed by atoms with Crippen LogP contribution < -0.4 is 30.0 Å². The van der Waals surface area contributed by atoms with Crippen molar-refractivity contribution in [3.8, 4) is 23.0 Å². The van der Waals surface area contributed by atoms with E-state index in [1.165, 1.54) is 51.8 Å². The topological polar surface area (TPSA) is 139 Å². The zero-order chi connectivity index (χ0) is 27.6. The van der Waals surface area contributed by atoms with Gasteiger partial charge in [-0.3, -0.25) is 9.78 Å². The Bertz CT molecular complexity index is 1630. The Morgan fingerprint density at radius 1 is 0.895 bits per heavy atom. The van der Waals surface area contributed by atoms with Crippen molar-refractivity contribution in [3.63, 3.8) is 0 Å². The lowest BCUT2D eigenvalue weighted by Gasteiger charge is -2.17. The van der Waals surface area contributed by atoms with E-state index < -0.39 is 15.7 Å². The summed E-state index contributed by atoms with van der Waals surface area (Å²) in [6.45, 7) is 1.74. The van der Waals surface area contributed by atoms with Crippen LogP contribution in [0.3, 0.4) is 0 Å². The van der Waals surface area contributed by atoms with Gasteiger partial charge in [-0.05, 0) is 36.8 Å². The molecule has 0 fully saturated rings. The standard InChI is InChI=1S/C27H27N3O7S/c1-15-9-18(38(32,33)19-12-22(35-3)26(37-5)23(13-19)36-4)11-20-24(15)29-14-21(27(28)31)25(20)30-16-7-6-8-17(10-16)34-2/h6-14H,1-5H3,(H2,28,31)(H,29,30). The summed E-state index contributed by atoms with van der Waals surface area (Å²) in [5, 5.41) is 3.59. The number of nitrogens with one attached hydrogen (secondary N) is 1. The smallest absolute Gasteiger partial charge is 0.252 e. The number of nitrogens with two attached hydrogens (primary N) is 1. The molecule has 11 heteroatoms. The molecule has 0 aliphatic rings. The Morgan fingerprint density at radius 2 is 1.55 bits per heavy atom. The summed E-state index contributed by atoms with van der Waals surface area (Å²) in [6.07, 6.45) is 1.37. The molecule has 4 rings (SSSR count). The Morgan fingerprint density at radius 3 is 2.13 bits per heavy atom. The molecule has 1 aromatic heterocycles. The van der Waals surface area contributed by atoms with Crippen LogP contribution in [0.25, 0.3) is 10.9 Å². The largest absolute Gasteiger partial charge is 0.497 e. The van der Waals surface area contributed by atoms with E-state index in [4.69, 9.17) is 24.7 Å². The van der Waals surface area contributed by atoms with Gasteiger partial charge in [0.15, 0.2) is 11.5 Å². The van der Waals surface area contributed by atoms with Gasteiger partial charge in [0.1, 0.15) is 5.75 Å². The number of pyridine rings is 1. The fourth-order valence-corrected chi connectivity index (χ4v) is 5.52. The third-order valence-corrected chi connectivity index (χ3v) is 7.71. The van der Waals surface area contributed by atoms with E-state index in [-0.39, 0.29) is 32.6 Å². The number of methoxy groups -OCH3 is 4. The lowest BCUT2D eigenvalue weighted by molar-refractivity contribution is 0.100. The molecule has 0 bridgehead atoms. The molecule has 198 valence electrons. The summed E-state index contributed by atoms with van der Waals surface area (Å²) in [5.74, 6) is 0.530. The first-order valence-electron chi connectivity index (χ1n) is 11.3. The fourth-order valence-electron chi connectivity index (χ4n) is 4.12. The molecule has 0 saturated carbocycles. The van der Waals surface area contributed by atoms with Crippen LogP contribution in [0, 0.1) is 6.92 Å². The van der Waals surface area contributed by atoms with Gasteiger partial charge in [0, 0.05) is 35.5 Å². The minimum atomic E-state index is -4.08. The van der Waals surface area contributed by atoms with Crippen molar-refractivity contribution in [2.24, 2.45) is 5.73 Å². The zero-order valence-corrected chi connectivity index (χ0v) is 22.3. The second-order valence-corrected chi connectivity index (χ2v) is 10.2. The Kier molecular flexibility index (Phi) is 7.31. The number of rotatable bonds is 9. The molecule has 0 aliphatic heterocycles. The molecule has 1 amide bonds. The highest BCUT2D eigenvalue weighted by Crippen LogP contribution is 2.41. The molecule has 4 aromatic rings. The summed E-state index contributed by atoms with van der Waals surface area (Å²) in [4.78, 5) is 16.6. The number of fused-ring (bicyclic) bond motifs is 1. The first-order chi connectivity index (χ1) is 18.1. The van der Waals surface area contributed by atoms with Crippen LogP contribution in [0.5, 0.6) is 23.0 Å². The lowest BCUT2D eigenvalue weighted by Crippen LogP contribution is -2.14. The summed E-state index contributed by atoms with van der Waals surface area (Å²) >= 11 is 0. The van der Waals surface area contributed by atoms with Gasteiger partial charge < -0.3 is 30.0 Å². The molecule has 0 atom stereocenters. The number of carbonyl (C=O) groups excluding carboxylic acids is 1. The summed E-state index contributed by atoms with van der Waals surface area (Å²) in [7, 11) is 1.70. The molecule has 0 saturated heterocycles. The van der Waals surface area contributed by atoms with E-state index in [1.807, 2.05) is 0 Å². The minimum Gasteiger partial charge on any atom is -0.497 e. The monoisotopic (exact) mass is 537 g/mol. The second-order valence-electron chi connectivity index (χ2n) is 8.27. The van der Waals surface area contributed by atoms with Crippen LogP contribution >= 0.6 is 0 Å². The maximum atomic E-state index is 13.8. The molecule has 0 aliphatic carbocycles. The van der Waals surface area contributed by atoms with Gasteiger partial charge >= 0.3 is 0 Å². The number of hydrogen-bond acceptors (Lipinski definition) is 9. The van der Waals surface area contributed by atoms with Crippen molar-refractivity contribution in [2.75, 3.05) is 33.8 Å². The summed E-state index contributed by atoms with van der Waals surface area (Å²) < 4.78 is 49.0. The third kappa shape index (κ3) is 4.75. The molecule has 0 radical (unpaired) electrons. The number of benzene rings is 3. The van der Waals surface area contributed by atoms with Gasteiger partial charge in [-0.2, -0.15) is 0 Å². The van der Waals surface area contributed by atoms with Crippen LogP contribution in [0.15, 0.2) is 64.5 Å². The number of sulfone groups is 1. The van der Waals surface area contributed by atoms with Crippen molar-refractivity contribution < 1.29 is 32.2 Å². The van der Waals surface area contributed by atoms with E-state index >= 15 is 0 Å². The van der Waals surface area contributed by atoms with Crippen LogP contribution in [-0.4, -0.2) is 47.7 Å². The maximum absolute atomic E-state index is 13.8. The third-order valence-electron chi connectivity index (χ3n) is 6.00.